The van der Waals surface area contributed by atoms with Crippen molar-refractivity contribution in [3.05, 3.63) is 48.0 Å². The van der Waals surface area contributed by atoms with Gasteiger partial charge in [-0.25, -0.2) is 4.98 Å². The number of fused-ring (bicyclic) bond motifs is 2. The number of hydrogen-bond acceptors (Lipinski definition) is 3. The van der Waals surface area contributed by atoms with Crippen molar-refractivity contribution in [2.24, 2.45) is 5.73 Å². The standard InChI is InChI=1S/C16H17N3/c1-19(2)14-6-5-13-8-12-4-3-11(10-17)7-15(12)18-16(13)9-14/h3-9H,10,17H2,1-2H3. The molecule has 2 N–H and O–H groups in total. The summed E-state index contributed by atoms with van der Waals surface area (Å²) in [5, 5.41) is 2.32. The molecule has 0 aliphatic carbocycles. The molecule has 1 aromatic heterocycles. The summed E-state index contributed by atoms with van der Waals surface area (Å²) in [6.45, 7) is 0.549. The molecule has 0 spiro atoms. The summed E-state index contributed by atoms with van der Waals surface area (Å²) in [7, 11) is 4.07. The van der Waals surface area contributed by atoms with Gasteiger partial charge >= 0.3 is 0 Å². The Morgan fingerprint density at radius 1 is 0.947 bits per heavy atom. The zero-order valence-electron chi connectivity index (χ0n) is 11.2. The van der Waals surface area contributed by atoms with Gasteiger partial charge in [-0.3, -0.25) is 0 Å². The van der Waals surface area contributed by atoms with Crippen LogP contribution in [0.2, 0.25) is 0 Å². The number of anilines is 1. The largest absolute Gasteiger partial charge is 0.378 e. The second-order valence-corrected chi connectivity index (χ2v) is 4.99. The number of benzene rings is 2. The van der Waals surface area contributed by atoms with Crippen molar-refractivity contribution in [2.75, 3.05) is 19.0 Å². The maximum absolute atomic E-state index is 5.68. The summed E-state index contributed by atoms with van der Waals surface area (Å²) < 4.78 is 0. The summed E-state index contributed by atoms with van der Waals surface area (Å²) in [6.07, 6.45) is 0. The zero-order chi connectivity index (χ0) is 13.4. The minimum atomic E-state index is 0.549. The maximum Gasteiger partial charge on any atom is 0.0730 e. The van der Waals surface area contributed by atoms with E-state index in [4.69, 9.17) is 10.7 Å². The van der Waals surface area contributed by atoms with Crippen LogP contribution in [0.3, 0.4) is 0 Å². The van der Waals surface area contributed by atoms with Gasteiger partial charge in [-0.2, -0.15) is 0 Å². The van der Waals surface area contributed by atoms with Gasteiger partial charge in [0.2, 0.25) is 0 Å². The Labute approximate surface area is 112 Å². The van der Waals surface area contributed by atoms with Gasteiger partial charge in [0, 0.05) is 37.1 Å². The highest BCUT2D eigenvalue weighted by Gasteiger charge is 2.03. The number of hydrogen-bond donors (Lipinski definition) is 1. The lowest BCUT2D eigenvalue weighted by molar-refractivity contribution is 1.07. The summed E-state index contributed by atoms with van der Waals surface area (Å²) in [4.78, 5) is 6.83. The van der Waals surface area contributed by atoms with Crippen molar-refractivity contribution in [1.29, 1.82) is 0 Å². The third-order valence-corrected chi connectivity index (χ3v) is 3.41. The van der Waals surface area contributed by atoms with Crippen LogP contribution in [0.25, 0.3) is 21.8 Å². The van der Waals surface area contributed by atoms with E-state index in [1.165, 1.54) is 5.39 Å². The number of nitrogens with zero attached hydrogens (tertiary/aromatic N) is 2. The normalized spacial score (nSPS) is 11.1. The second-order valence-electron chi connectivity index (χ2n) is 4.99. The molecule has 0 bridgehead atoms. The van der Waals surface area contributed by atoms with Gasteiger partial charge in [0.05, 0.1) is 11.0 Å². The Hall–Kier alpha value is -2.13. The highest BCUT2D eigenvalue weighted by molar-refractivity contribution is 5.94. The van der Waals surface area contributed by atoms with Crippen molar-refractivity contribution >= 4 is 27.5 Å². The summed E-state index contributed by atoms with van der Waals surface area (Å²) in [6, 6.07) is 14.7. The molecule has 2 aromatic carbocycles. The molecule has 3 aromatic rings. The monoisotopic (exact) mass is 251 g/mol. The average molecular weight is 251 g/mol. The lowest BCUT2D eigenvalue weighted by Gasteiger charge is -2.13. The lowest BCUT2D eigenvalue weighted by Crippen LogP contribution is -2.08. The predicted molar refractivity (Wildman–Crippen MR) is 81.5 cm³/mol. The average Bonchev–Trinajstić information content (AvgIpc) is 2.43. The summed E-state index contributed by atoms with van der Waals surface area (Å²) >= 11 is 0. The highest BCUT2D eigenvalue weighted by atomic mass is 15.1. The molecule has 0 unspecified atom stereocenters. The topological polar surface area (TPSA) is 42.1 Å². The molecule has 0 radical (unpaired) electrons. The summed E-state index contributed by atoms with van der Waals surface area (Å²) in [5.41, 5.74) is 9.99. The van der Waals surface area contributed by atoms with E-state index in [-0.39, 0.29) is 0 Å². The molecular formula is C16H17N3. The minimum Gasteiger partial charge on any atom is -0.378 e. The molecule has 0 saturated heterocycles. The SMILES string of the molecule is CN(C)c1ccc2cc3ccc(CN)cc3nc2c1. The first-order valence-corrected chi connectivity index (χ1v) is 6.38. The van der Waals surface area contributed by atoms with Crippen molar-refractivity contribution < 1.29 is 0 Å². The van der Waals surface area contributed by atoms with Gasteiger partial charge in [-0.05, 0) is 29.8 Å². The van der Waals surface area contributed by atoms with Gasteiger partial charge in [0.25, 0.3) is 0 Å². The molecule has 3 rings (SSSR count). The molecular weight excluding hydrogens is 234 g/mol. The van der Waals surface area contributed by atoms with E-state index in [2.05, 4.69) is 47.4 Å². The third-order valence-electron chi connectivity index (χ3n) is 3.41. The Kier molecular flexibility index (Phi) is 2.84. The first kappa shape index (κ1) is 11.9. The van der Waals surface area contributed by atoms with Crippen LogP contribution in [-0.2, 0) is 6.54 Å². The molecule has 3 nitrogen and oxygen atoms in total. The molecule has 96 valence electrons. The Bertz CT molecular complexity index is 747. The van der Waals surface area contributed by atoms with Crippen LogP contribution in [-0.4, -0.2) is 19.1 Å². The Balaban J connectivity index is 2.26. The molecule has 0 atom stereocenters. The van der Waals surface area contributed by atoms with Crippen LogP contribution in [0, 0.1) is 0 Å². The predicted octanol–water partition coefficient (Wildman–Crippen LogP) is 2.91. The van der Waals surface area contributed by atoms with E-state index in [9.17, 15) is 0 Å². The molecule has 3 heteroatoms. The van der Waals surface area contributed by atoms with E-state index < -0.39 is 0 Å². The fraction of sp³-hybridized carbons (Fsp3) is 0.188. The molecule has 0 aliphatic heterocycles. The fourth-order valence-corrected chi connectivity index (χ4v) is 2.26. The molecule has 0 fully saturated rings. The van der Waals surface area contributed by atoms with E-state index in [0.717, 1.165) is 27.7 Å². The molecule has 0 saturated carbocycles. The van der Waals surface area contributed by atoms with Gasteiger partial charge in [-0.1, -0.05) is 18.2 Å². The Morgan fingerprint density at radius 2 is 1.63 bits per heavy atom. The first-order chi connectivity index (χ1) is 9.17. The molecule has 1 heterocycles. The van der Waals surface area contributed by atoms with E-state index in [1.54, 1.807) is 0 Å². The smallest absolute Gasteiger partial charge is 0.0730 e. The van der Waals surface area contributed by atoms with Crippen molar-refractivity contribution in [2.45, 2.75) is 6.54 Å². The van der Waals surface area contributed by atoms with E-state index >= 15 is 0 Å². The minimum absolute atomic E-state index is 0.549. The van der Waals surface area contributed by atoms with Crippen LogP contribution in [0.5, 0.6) is 0 Å². The first-order valence-electron chi connectivity index (χ1n) is 6.38. The quantitative estimate of drug-likeness (QED) is 0.712. The number of aromatic nitrogens is 1. The van der Waals surface area contributed by atoms with Crippen LogP contribution in [0.15, 0.2) is 42.5 Å². The van der Waals surface area contributed by atoms with Crippen LogP contribution < -0.4 is 10.6 Å². The zero-order valence-corrected chi connectivity index (χ0v) is 11.2. The van der Waals surface area contributed by atoms with Crippen LogP contribution in [0.4, 0.5) is 5.69 Å². The highest BCUT2D eigenvalue weighted by Crippen LogP contribution is 2.24. The second kappa shape index (κ2) is 4.52. The maximum atomic E-state index is 5.68. The lowest BCUT2D eigenvalue weighted by atomic mass is 10.1. The molecule has 19 heavy (non-hydrogen) atoms. The van der Waals surface area contributed by atoms with Crippen LogP contribution in [0.1, 0.15) is 5.56 Å². The third kappa shape index (κ3) is 2.13. The van der Waals surface area contributed by atoms with E-state index in [1.807, 2.05) is 14.1 Å². The number of nitrogens with two attached hydrogens (primary N) is 1. The molecule has 0 aliphatic rings. The van der Waals surface area contributed by atoms with Gasteiger partial charge < -0.3 is 10.6 Å². The van der Waals surface area contributed by atoms with Crippen LogP contribution >= 0.6 is 0 Å². The van der Waals surface area contributed by atoms with Gasteiger partial charge in [0.15, 0.2) is 0 Å². The van der Waals surface area contributed by atoms with Crippen molar-refractivity contribution in [3.63, 3.8) is 0 Å². The van der Waals surface area contributed by atoms with Crippen molar-refractivity contribution in [3.8, 4) is 0 Å². The van der Waals surface area contributed by atoms with Gasteiger partial charge in [-0.15, -0.1) is 0 Å². The van der Waals surface area contributed by atoms with E-state index in [0.29, 0.717) is 6.54 Å². The van der Waals surface area contributed by atoms with Gasteiger partial charge in [0.1, 0.15) is 0 Å². The van der Waals surface area contributed by atoms with Crippen molar-refractivity contribution in [1.82, 2.24) is 4.98 Å². The number of rotatable bonds is 2. The number of pyridine rings is 1. The molecule has 0 amide bonds. The summed E-state index contributed by atoms with van der Waals surface area (Å²) in [5.74, 6) is 0. The fourth-order valence-electron chi connectivity index (χ4n) is 2.26. The Morgan fingerprint density at radius 3 is 2.32 bits per heavy atom.